The van der Waals surface area contributed by atoms with E-state index in [-0.39, 0.29) is 5.56 Å². The number of nitrogens with zero attached hydrogens (tertiary/aromatic N) is 2. The van der Waals surface area contributed by atoms with E-state index in [1.807, 2.05) is 0 Å². The highest BCUT2D eigenvalue weighted by molar-refractivity contribution is 5.80. The zero-order chi connectivity index (χ0) is 14.8. The second kappa shape index (κ2) is 5.48. The molecule has 3 rings (SSSR count). The zero-order valence-corrected chi connectivity index (χ0v) is 12.1. The Labute approximate surface area is 123 Å². The lowest BCUT2D eigenvalue weighted by Crippen LogP contribution is -2.19. The SMILES string of the molecule is Cc1ccc2ccn(CCCn3cc(N)ccc3=O)c2c1. The number of rotatable bonds is 4. The molecule has 0 amide bonds. The monoisotopic (exact) mass is 281 g/mol. The minimum absolute atomic E-state index is 0.00240. The molecule has 21 heavy (non-hydrogen) atoms. The number of hydrogen-bond donors (Lipinski definition) is 1. The van der Waals surface area contributed by atoms with E-state index in [2.05, 4.69) is 42.0 Å². The van der Waals surface area contributed by atoms with Crippen LogP contribution in [-0.2, 0) is 13.1 Å². The highest BCUT2D eigenvalue weighted by atomic mass is 16.1. The molecular weight excluding hydrogens is 262 g/mol. The lowest BCUT2D eigenvalue weighted by Gasteiger charge is -2.08. The van der Waals surface area contributed by atoms with Crippen LogP contribution in [0.3, 0.4) is 0 Å². The fourth-order valence-electron chi connectivity index (χ4n) is 2.62. The molecule has 0 saturated carbocycles. The third kappa shape index (κ3) is 2.84. The Hall–Kier alpha value is -2.49. The van der Waals surface area contributed by atoms with Gasteiger partial charge in [0.2, 0.25) is 0 Å². The van der Waals surface area contributed by atoms with Crippen molar-refractivity contribution in [3.63, 3.8) is 0 Å². The van der Waals surface area contributed by atoms with Gasteiger partial charge in [-0.25, -0.2) is 0 Å². The van der Waals surface area contributed by atoms with E-state index in [0.29, 0.717) is 12.2 Å². The van der Waals surface area contributed by atoms with Crippen molar-refractivity contribution in [3.8, 4) is 0 Å². The molecule has 0 radical (unpaired) electrons. The number of anilines is 1. The third-order valence-corrected chi connectivity index (χ3v) is 3.73. The number of nitrogen functional groups attached to an aromatic ring is 1. The standard InChI is InChI=1S/C17H19N3O/c1-13-3-4-14-7-10-19(16(14)11-13)8-2-9-20-12-15(18)5-6-17(20)21/h3-7,10-12H,2,8-9,18H2,1H3. The van der Waals surface area contributed by atoms with E-state index in [9.17, 15) is 4.79 Å². The third-order valence-electron chi connectivity index (χ3n) is 3.73. The molecule has 0 aliphatic carbocycles. The van der Waals surface area contributed by atoms with E-state index in [0.717, 1.165) is 13.0 Å². The Bertz CT molecular complexity index is 829. The first-order valence-corrected chi connectivity index (χ1v) is 7.15. The second-order valence-electron chi connectivity index (χ2n) is 5.42. The number of aromatic nitrogens is 2. The van der Waals surface area contributed by atoms with Crippen molar-refractivity contribution in [2.45, 2.75) is 26.4 Å². The van der Waals surface area contributed by atoms with Crippen LogP contribution in [0.25, 0.3) is 10.9 Å². The van der Waals surface area contributed by atoms with Crippen LogP contribution >= 0.6 is 0 Å². The Morgan fingerprint density at radius 3 is 2.71 bits per heavy atom. The average molecular weight is 281 g/mol. The van der Waals surface area contributed by atoms with Gasteiger partial charge in [-0.3, -0.25) is 4.79 Å². The highest BCUT2D eigenvalue weighted by Gasteiger charge is 2.02. The van der Waals surface area contributed by atoms with Gasteiger partial charge < -0.3 is 14.9 Å². The van der Waals surface area contributed by atoms with Crippen molar-refractivity contribution < 1.29 is 0 Å². The number of fused-ring (bicyclic) bond motifs is 1. The van der Waals surface area contributed by atoms with Crippen molar-refractivity contribution in [2.24, 2.45) is 0 Å². The summed E-state index contributed by atoms with van der Waals surface area (Å²) in [7, 11) is 0. The Morgan fingerprint density at radius 2 is 1.86 bits per heavy atom. The van der Waals surface area contributed by atoms with Gasteiger partial charge in [0.1, 0.15) is 0 Å². The van der Waals surface area contributed by atoms with Crippen molar-refractivity contribution >= 4 is 16.6 Å². The molecule has 3 aromatic rings. The van der Waals surface area contributed by atoms with Gasteiger partial charge in [0, 0.05) is 42.8 Å². The number of nitrogens with two attached hydrogens (primary N) is 1. The van der Waals surface area contributed by atoms with Gasteiger partial charge in [-0.1, -0.05) is 12.1 Å². The normalized spacial score (nSPS) is 11.1. The summed E-state index contributed by atoms with van der Waals surface area (Å²) < 4.78 is 3.91. The summed E-state index contributed by atoms with van der Waals surface area (Å²) in [5.74, 6) is 0. The summed E-state index contributed by atoms with van der Waals surface area (Å²) in [6.07, 6.45) is 4.70. The molecule has 2 N–H and O–H groups in total. The molecule has 0 atom stereocenters. The molecule has 0 saturated heterocycles. The van der Waals surface area contributed by atoms with Gasteiger partial charge in [-0.05, 0) is 42.5 Å². The van der Waals surface area contributed by atoms with E-state index in [4.69, 9.17) is 5.73 Å². The fourth-order valence-corrected chi connectivity index (χ4v) is 2.62. The van der Waals surface area contributed by atoms with Gasteiger partial charge in [0.15, 0.2) is 0 Å². The number of benzene rings is 1. The predicted molar refractivity (Wildman–Crippen MR) is 86.4 cm³/mol. The zero-order valence-electron chi connectivity index (χ0n) is 12.1. The van der Waals surface area contributed by atoms with Crippen LogP contribution in [0, 0.1) is 6.92 Å². The first-order valence-electron chi connectivity index (χ1n) is 7.15. The van der Waals surface area contributed by atoms with Crippen LogP contribution in [0.2, 0.25) is 0 Å². The summed E-state index contributed by atoms with van der Waals surface area (Å²) in [4.78, 5) is 11.7. The van der Waals surface area contributed by atoms with E-state index in [1.54, 1.807) is 16.8 Å². The molecule has 4 heteroatoms. The summed E-state index contributed by atoms with van der Waals surface area (Å²) >= 11 is 0. The smallest absolute Gasteiger partial charge is 0.250 e. The van der Waals surface area contributed by atoms with Gasteiger partial charge in [0.05, 0.1) is 0 Å². The summed E-state index contributed by atoms with van der Waals surface area (Å²) in [5, 5.41) is 1.25. The Balaban J connectivity index is 1.73. The molecule has 0 unspecified atom stereocenters. The van der Waals surface area contributed by atoms with Crippen LogP contribution in [-0.4, -0.2) is 9.13 Å². The number of pyridine rings is 1. The largest absolute Gasteiger partial charge is 0.398 e. The minimum atomic E-state index is -0.00240. The van der Waals surface area contributed by atoms with Gasteiger partial charge in [-0.15, -0.1) is 0 Å². The predicted octanol–water partition coefficient (Wildman–Crippen LogP) is 2.78. The fraction of sp³-hybridized carbons (Fsp3) is 0.235. The summed E-state index contributed by atoms with van der Waals surface area (Å²) in [5.41, 5.74) is 8.84. The maximum absolute atomic E-state index is 11.7. The topological polar surface area (TPSA) is 52.9 Å². The van der Waals surface area contributed by atoms with Crippen molar-refractivity contribution in [2.75, 3.05) is 5.73 Å². The van der Waals surface area contributed by atoms with Gasteiger partial charge in [-0.2, -0.15) is 0 Å². The summed E-state index contributed by atoms with van der Waals surface area (Å²) in [6.45, 7) is 3.66. The van der Waals surface area contributed by atoms with Crippen LogP contribution in [0.1, 0.15) is 12.0 Å². The molecule has 0 aliphatic rings. The average Bonchev–Trinajstić information content (AvgIpc) is 2.85. The Kier molecular flexibility index (Phi) is 3.52. The molecule has 0 spiro atoms. The molecule has 1 aromatic carbocycles. The molecule has 2 heterocycles. The van der Waals surface area contributed by atoms with Crippen molar-refractivity contribution in [3.05, 3.63) is 64.7 Å². The van der Waals surface area contributed by atoms with Crippen LogP contribution < -0.4 is 11.3 Å². The highest BCUT2D eigenvalue weighted by Crippen LogP contribution is 2.17. The van der Waals surface area contributed by atoms with Crippen LogP contribution in [0.15, 0.2) is 53.6 Å². The van der Waals surface area contributed by atoms with E-state index >= 15 is 0 Å². The maximum atomic E-state index is 11.7. The van der Waals surface area contributed by atoms with E-state index in [1.165, 1.54) is 22.5 Å². The molecule has 4 nitrogen and oxygen atoms in total. The van der Waals surface area contributed by atoms with Crippen LogP contribution in [0.5, 0.6) is 0 Å². The molecule has 0 aliphatic heterocycles. The van der Waals surface area contributed by atoms with Gasteiger partial charge >= 0.3 is 0 Å². The first-order chi connectivity index (χ1) is 10.1. The van der Waals surface area contributed by atoms with Crippen LogP contribution in [0.4, 0.5) is 5.69 Å². The lowest BCUT2D eigenvalue weighted by molar-refractivity contribution is 0.562. The number of hydrogen-bond acceptors (Lipinski definition) is 2. The molecular formula is C17H19N3O. The molecule has 108 valence electrons. The molecule has 0 fully saturated rings. The maximum Gasteiger partial charge on any atom is 0.250 e. The van der Waals surface area contributed by atoms with Crippen molar-refractivity contribution in [1.82, 2.24) is 9.13 Å². The quantitative estimate of drug-likeness (QED) is 0.799. The number of aryl methyl sites for hydroxylation is 3. The molecule has 2 aromatic heterocycles. The minimum Gasteiger partial charge on any atom is -0.398 e. The second-order valence-corrected chi connectivity index (χ2v) is 5.42. The lowest BCUT2D eigenvalue weighted by atomic mass is 10.2. The van der Waals surface area contributed by atoms with Crippen molar-refractivity contribution in [1.29, 1.82) is 0 Å². The molecule has 0 bridgehead atoms. The summed E-state index contributed by atoms with van der Waals surface area (Å²) in [6, 6.07) is 11.7. The Morgan fingerprint density at radius 1 is 1.05 bits per heavy atom. The first kappa shape index (κ1) is 13.5. The van der Waals surface area contributed by atoms with E-state index < -0.39 is 0 Å². The van der Waals surface area contributed by atoms with Gasteiger partial charge in [0.25, 0.3) is 5.56 Å².